The molecule has 0 bridgehead atoms. The SMILES string of the molecule is CC(C)CN1CCOC(CNC(=O)CN(C)CC(=O)Nc2ccc(Br)cn2)C1. The van der Waals surface area contributed by atoms with Gasteiger partial charge in [-0.3, -0.25) is 19.4 Å². The third-order valence-corrected chi connectivity index (χ3v) is 4.66. The first-order valence-electron chi connectivity index (χ1n) is 9.52. The molecule has 2 amide bonds. The lowest BCUT2D eigenvalue weighted by molar-refractivity contribution is -0.124. The van der Waals surface area contributed by atoms with Crippen molar-refractivity contribution in [3.63, 3.8) is 0 Å². The summed E-state index contributed by atoms with van der Waals surface area (Å²) in [6.07, 6.45) is 1.62. The third kappa shape index (κ3) is 8.64. The van der Waals surface area contributed by atoms with E-state index in [0.717, 1.165) is 24.1 Å². The largest absolute Gasteiger partial charge is 0.374 e. The number of ether oxygens (including phenoxy) is 1. The zero-order chi connectivity index (χ0) is 20.5. The van der Waals surface area contributed by atoms with Crippen molar-refractivity contribution in [1.82, 2.24) is 20.1 Å². The van der Waals surface area contributed by atoms with E-state index in [-0.39, 0.29) is 31.0 Å². The number of hydrogen-bond acceptors (Lipinski definition) is 6. The van der Waals surface area contributed by atoms with E-state index in [2.05, 4.69) is 50.3 Å². The number of pyridine rings is 1. The molecule has 0 aliphatic carbocycles. The van der Waals surface area contributed by atoms with Crippen molar-refractivity contribution in [3.8, 4) is 0 Å². The number of anilines is 1. The van der Waals surface area contributed by atoms with Gasteiger partial charge < -0.3 is 15.4 Å². The van der Waals surface area contributed by atoms with Crippen molar-refractivity contribution in [3.05, 3.63) is 22.8 Å². The number of rotatable bonds is 9. The molecule has 2 rings (SSSR count). The molecule has 1 atom stereocenters. The maximum Gasteiger partial charge on any atom is 0.239 e. The van der Waals surface area contributed by atoms with Crippen LogP contribution in [0.25, 0.3) is 0 Å². The van der Waals surface area contributed by atoms with Crippen LogP contribution in [0.5, 0.6) is 0 Å². The number of morpholine rings is 1. The third-order valence-electron chi connectivity index (χ3n) is 4.20. The molecule has 0 spiro atoms. The van der Waals surface area contributed by atoms with E-state index >= 15 is 0 Å². The molecule has 1 saturated heterocycles. The molecule has 0 aromatic carbocycles. The Labute approximate surface area is 175 Å². The van der Waals surface area contributed by atoms with Crippen LogP contribution in [0, 0.1) is 5.92 Å². The fraction of sp³-hybridized carbons (Fsp3) is 0.632. The van der Waals surface area contributed by atoms with Crippen LogP contribution >= 0.6 is 15.9 Å². The highest BCUT2D eigenvalue weighted by molar-refractivity contribution is 9.10. The van der Waals surface area contributed by atoms with E-state index < -0.39 is 0 Å². The Morgan fingerprint density at radius 1 is 1.36 bits per heavy atom. The molecule has 1 aromatic heterocycles. The summed E-state index contributed by atoms with van der Waals surface area (Å²) >= 11 is 3.30. The minimum absolute atomic E-state index is 0.00790. The second-order valence-corrected chi connectivity index (χ2v) is 8.45. The van der Waals surface area contributed by atoms with Crippen LogP contribution in [-0.2, 0) is 14.3 Å². The molecule has 2 N–H and O–H groups in total. The molecule has 9 heteroatoms. The summed E-state index contributed by atoms with van der Waals surface area (Å²) in [6, 6.07) is 3.51. The van der Waals surface area contributed by atoms with Crippen LogP contribution in [-0.4, -0.2) is 85.6 Å². The average Bonchev–Trinajstić information content (AvgIpc) is 2.61. The molecule has 1 fully saturated rings. The predicted octanol–water partition coefficient (Wildman–Crippen LogP) is 1.19. The molecule has 1 unspecified atom stereocenters. The van der Waals surface area contributed by atoms with Crippen molar-refractivity contribution in [2.75, 3.05) is 58.2 Å². The molecule has 1 aliphatic heterocycles. The minimum atomic E-state index is -0.218. The van der Waals surface area contributed by atoms with E-state index in [9.17, 15) is 9.59 Å². The molecule has 0 saturated carbocycles. The van der Waals surface area contributed by atoms with Crippen LogP contribution < -0.4 is 10.6 Å². The molecule has 28 heavy (non-hydrogen) atoms. The van der Waals surface area contributed by atoms with Gasteiger partial charge in [0, 0.05) is 36.8 Å². The van der Waals surface area contributed by atoms with Crippen LogP contribution in [0.15, 0.2) is 22.8 Å². The highest BCUT2D eigenvalue weighted by Crippen LogP contribution is 2.10. The zero-order valence-electron chi connectivity index (χ0n) is 16.8. The Kier molecular flexibility index (Phi) is 9.30. The Hall–Kier alpha value is -1.55. The maximum atomic E-state index is 12.2. The summed E-state index contributed by atoms with van der Waals surface area (Å²) in [7, 11) is 1.73. The van der Waals surface area contributed by atoms with Gasteiger partial charge in [-0.25, -0.2) is 4.98 Å². The van der Waals surface area contributed by atoms with E-state index in [1.54, 1.807) is 30.3 Å². The van der Waals surface area contributed by atoms with Gasteiger partial charge in [0.05, 0.1) is 25.8 Å². The number of amides is 2. The summed E-state index contributed by atoms with van der Waals surface area (Å²) in [5.74, 6) is 0.749. The summed E-state index contributed by atoms with van der Waals surface area (Å²) in [5, 5.41) is 5.61. The number of nitrogens with one attached hydrogen (secondary N) is 2. The monoisotopic (exact) mass is 455 g/mol. The van der Waals surface area contributed by atoms with Gasteiger partial charge >= 0.3 is 0 Å². The summed E-state index contributed by atoms with van der Waals surface area (Å²) in [6.45, 7) is 8.63. The maximum absolute atomic E-state index is 12.2. The molecule has 8 nitrogen and oxygen atoms in total. The van der Waals surface area contributed by atoms with E-state index in [1.807, 2.05) is 0 Å². The first kappa shape index (κ1) is 22.7. The molecule has 1 aliphatic rings. The Balaban J connectivity index is 1.66. The van der Waals surface area contributed by atoms with Crippen LogP contribution in [0.1, 0.15) is 13.8 Å². The fourth-order valence-corrected chi connectivity index (χ4v) is 3.28. The number of aromatic nitrogens is 1. The van der Waals surface area contributed by atoms with Crippen LogP contribution in [0.2, 0.25) is 0 Å². The summed E-state index contributed by atoms with van der Waals surface area (Å²) in [4.78, 5) is 32.4. The van der Waals surface area contributed by atoms with Crippen molar-refractivity contribution in [2.24, 2.45) is 5.92 Å². The van der Waals surface area contributed by atoms with Gasteiger partial charge in [0.2, 0.25) is 11.8 Å². The second kappa shape index (κ2) is 11.5. The van der Waals surface area contributed by atoms with E-state index in [1.165, 1.54) is 0 Å². The molecular weight excluding hydrogens is 426 g/mol. The number of carbonyl (C=O) groups excluding carboxylic acids is 2. The van der Waals surface area contributed by atoms with Gasteiger partial charge in [-0.05, 0) is 41.0 Å². The first-order valence-corrected chi connectivity index (χ1v) is 10.3. The number of halogens is 1. The number of carbonyl (C=O) groups is 2. The summed E-state index contributed by atoms with van der Waals surface area (Å²) in [5.41, 5.74) is 0. The van der Waals surface area contributed by atoms with Gasteiger partial charge in [0.15, 0.2) is 0 Å². The second-order valence-electron chi connectivity index (χ2n) is 7.53. The first-order chi connectivity index (χ1) is 13.3. The van der Waals surface area contributed by atoms with E-state index in [4.69, 9.17) is 4.74 Å². The molecule has 0 radical (unpaired) electrons. The topological polar surface area (TPSA) is 86.8 Å². The van der Waals surface area contributed by atoms with Gasteiger partial charge in [-0.2, -0.15) is 0 Å². The van der Waals surface area contributed by atoms with Gasteiger partial charge in [0.1, 0.15) is 5.82 Å². The minimum Gasteiger partial charge on any atom is -0.374 e. The van der Waals surface area contributed by atoms with Crippen molar-refractivity contribution in [2.45, 2.75) is 20.0 Å². The lowest BCUT2D eigenvalue weighted by Gasteiger charge is -2.34. The quantitative estimate of drug-likeness (QED) is 0.581. The van der Waals surface area contributed by atoms with Gasteiger partial charge in [-0.1, -0.05) is 13.8 Å². The van der Waals surface area contributed by atoms with Crippen LogP contribution in [0.4, 0.5) is 5.82 Å². The molecule has 1 aromatic rings. The van der Waals surface area contributed by atoms with Crippen molar-refractivity contribution in [1.29, 1.82) is 0 Å². The standard InChI is InChI=1S/C19H30BrN5O3/c1-14(2)10-25-6-7-28-16(11-25)9-22-18(26)12-24(3)13-19(27)23-17-5-4-15(20)8-21-17/h4-5,8,14,16H,6-7,9-13H2,1-3H3,(H,22,26)(H,21,23,27). The number of nitrogens with zero attached hydrogens (tertiary/aromatic N) is 3. The molecule has 2 heterocycles. The lowest BCUT2D eigenvalue weighted by Crippen LogP contribution is -2.49. The van der Waals surface area contributed by atoms with Crippen molar-refractivity contribution >= 4 is 33.6 Å². The number of likely N-dealkylation sites (N-methyl/N-ethyl adjacent to an activating group) is 1. The Morgan fingerprint density at radius 3 is 2.79 bits per heavy atom. The van der Waals surface area contributed by atoms with Gasteiger partial charge in [0.25, 0.3) is 0 Å². The molecular formula is C19H30BrN5O3. The lowest BCUT2D eigenvalue weighted by atomic mass is 10.2. The normalized spacial score (nSPS) is 17.7. The Bertz CT molecular complexity index is 641. The zero-order valence-corrected chi connectivity index (χ0v) is 18.4. The average molecular weight is 456 g/mol. The highest BCUT2D eigenvalue weighted by Gasteiger charge is 2.21. The number of hydrogen-bond donors (Lipinski definition) is 2. The van der Waals surface area contributed by atoms with Crippen molar-refractivity contribution < 1.29 is 14.3 Å². The highest BCUT2D eigenvalue weighted by atomic mass is 79.9. The predicted molar refractivity (Wildman–Crippen MR) is 112 cm³/mol. The van der Waals surface area contributed by atoms with Crippen LogP contribution in [0.3, 0.4) is 0 Å². The summed E-state index contributed by atoms with van der Waals surface area (Å²) < 4.78 is 6.58. The fourth-order valence-electron chi connectivity index (χ4n) is 3.05. The Morgan fingerprint density at radius 2 is 2.11 bits per heavy atom. The van der Waals surface area contributed by atoms with Gasteiger partial charge in [-0.15, -0.1) is 0 Å². The molecule has 156 valence electrons. The van der Waals surface area contributed by atoms with E-state index in [0.29, 0.717) is 24.9 Å². The smallest absolute Gasteiger partial charge is 0.239 e.